The molecule has 2 aromatic heterocycles. The first-order chi connectivity index (χ1) is 9.28. The van der Waals surface area contributed by atoms with Gasteiger partial charge >= 0.3 is 12.1 Å². The third kappa shape index (κ3) is 3.01. The highest BCUT2D eigenvalue weighted by atomic mass is 19.4. The standard InChI is InChI=1S/C12H12F3N3O2/c1-7(6-12(13,14)15)16-10-9(11(19)20)18-5-3-2-4-8(18)17-10/h2-5,7,16H,6H2,1H3,(H,19,20). The van der Waals surface area contributed by atoms with Crippen LogP contribution in [0.25, 0.3) is 5.65 Å². The average molecular weight is 287 g/mol. The maximum absolute atomic E-state index is 12.3. The molecule has 108 valence electrons. The van der Waals surface area contributed by atoms with E-state index in [1.54, 1.807) is 18.2 Å². The Balaban J connectivity index is 2.34. The number of carboxylic acid groups (broad SMARTS) is 1. The second-order valence-corrected chi connectivity index (χ2v) is 4.41. The number of pyridine rings is 1. The van der Waals surface area contributed by atoms with Crippen molar-refractivity contribution in [1.82, 2.24) is 9.38 Å². The molecule has 5 nitrogen and oxygen atoms in total. The summed E-state index contributed by atoms with van der Waals surface area (Å²) in [5, 5.41) is 11.7. The van der Waals surface area contributed by atoms with Crippen molar-refractivity contribution in [3.63, 3.8) is 0 Å². The average Bonchev–Trinajstić information content (AvgIpc) is 2.63. The van der Waals surface area contributed by atoms with Crippen molar-refractivity contribution in [3.05, 3.63) is 30.1 Å². The zero-order chi connectivity index (χ0) is 14.9. The Morgan fingerprint density at radius 1 is 1.50 bits per heavy atom. The van der Waals surface area contributed by atoms with Crippen LogP contribution < -0.4 is 5.32 Å². The fourth-order valence-electron chi connectivity index (χ4n) is 1.93. The van der Waals surface area contributed by atoms with Crippen molar-refractivity contribution >= 4 is 17.4 Å². The van der Waals surface area contributed by atoms with Crippen molar-refractivity contribution in [2.75, 3.05) is 5.32 Å². The fourth-order valence-corrected chi connectivity index (χ4v) is 1.93. The second kappa shape index (κ2) is 5.03. The van der Waals surface area contributed by atoms with Crippen LogP contribution in [0.2, 0.25) is 0 Å². The van der Waals surface area contributed by atoms with Crippen molar-refractivity contribution in [1.29, 1.82) is 0 Å². The number of anilines is 1. The summed E-state index contributed by atoms with van der Waals surface area (Å²) < 4.78 is 38.2. The van der Waals surface area contributed by atoms with Gasteiger partial charge in [0.25, 0.3) is 0 Å². The molecule has 0 aliphatic rings. The van der Waals surface area contributed by atoms with Gasteiger partial charge in [0, 0.05) is 12.2 Å². The van der Waals surface area contributed by atoms with Crippen LogP contribution in [-0.2, 0) is 0 Å². The van der Waals surface area contributed by atoms with Gasteiger partial charge in [0.05, 0.1) is 6.42 Å². The lowest BCUT2D eigenvalue weighted by Gasteiger charge is -2.15. The highest BCUT2D eigenvalue weighted by Crippen LogP contribution is 2.24. The molecule has 0 saturated heterocycles. The number of halogens is 3. The summed E-state index contributed by atoms with van der Waals surface area (Å²) >= 11 is 0. The molecule has 0 aliphatic heterocycles. The molecular weight excluding hydrogens is 275 g/mol. The molecule has 1 atom stereocenters. The molecule has 0 saturated carbocycles. The van der Waals surface area contributed by atoms with Crippen molar-refractivity contribution < 1.29 is 23.1 Å². The number of nitrogens with zero attached hydrogens (tertiary/aromatic N) is 2. The predicted molar refractivity (Wildman–Crippen MR) is 65.9 cm³/mol. The van der Waals surface area contributed by atoms with E-state index in [0.717, 1.165) is 0 Å². The van der Waals surface area contributed by atoms with E-state index in [2.05, 4.69) is 10.3 Å². The maximum atomic E-state index is 12.3. The summed E-state index contributed by atoms with van der Waals surface area (Å²) in [6, 6.07) is 3.88. The van der Waals surface area contributed by atoms with Crippen LogP contribution in [0.1, 0.15) is 23.8 Å². The number of rotatable bonds is 4. The Bertz CT molecular complexity index is 636. The topological polar surface area (TPSA) is 66.6 Å². The number of carbonyl (C=O) groups is 1. The zero-order valence-electron chi connectivity index (χ0n) is 10.5. The summed E-state index contributed by atoms with van der Waals surface area (Å²) in [5.41, 5.74) is 0.168. The molecule has 0 aliphatic carbocycles. The van der Waals surface area contributed by atoms with Gasteiger partial charge in [-0.05, 0) is 19.1 Å². The number of aromatic nitrogens is 2. The van der Waals surface area contributed by atoms with E-state index in [4.69, 9.17) is 0 Å². The third-order valence-corrected chi connectivity index (χ3v) is 2.65. The van der Waals surface area contributed by atoms with Gasteiger partial charge in [0.15, 0.2) is 11.5 Å². The molecular formula is C12H12F3N3O2. The minimum absolute atomic E-state index is 0.0690. The van der Waals surface area contributed by atoms with Gasteiger partial charge in [-0.25, -0.2) is 9.78 Å². The Morgan fingerprint density at radius 2 is 2.20 bits per heavy atom. The van der Waals surface area contributed by atoms with Crippen molar-refractivity contribution in [3.8, 4) is 0 Å². The quantitative estimate of drug-likeness (QED) is 0.907. The fraction of sp³-hybridized carbons (Fsp3) is 0.333. The van der Waals surface area contributed by atoms with E-state index >= 15 is 0 Å². The number of hydrogen-bond donors (Lipinski definition) is 2. The Morgan fingerprint density at radius 3 is 2.80 bits per heavy atom. The summed E-state index contributed by atoms with van der Waals surface area (Å²) in [7, 11) is 0. The van der Waals surface area contributed by atoms with Crippen LogP contribution in [0.5, 0.6) is 0 Å². The summed E-state index contributed by atoms with van der Waals surface area (Å²) in [5.74, 6) is -1.33. The van der Waals surface area contributed by atoms with Crippen LogP contribution in [0.4, 0.5) is 19.0 Å². The SMILES string of the molecule is CC(CC(F)(F)F)Nc1nc2ccccn2c1C(=O)O. The van der Waals surface area contributed by atoms with E-state index in [0.29, 0.717) is 5.65 Å². The van der Waals surface area contributed by atoms with Crippen LogP contribution in [0.15, 0.2) is 24.4 Å². The van der Waals surface area contributed by atoms with Gasteiger partial charge in [-0.1, -0.05) is 6.07 Å². The molecule has 0 bridgehead atoms. The first-order valence-electron chi connectivity index (χ1n) is 5.81. The maximum Gasteiger partial charge on any atom is 0.391 e. The number of imidazole rings is 1. The molecule has 8 heteroatoms. The van der Waals surface area contributed by atoms with Gasteiger partial charge in [-0.2, -0.15) is 13.2 Å². The predicted octanol–water partition coefficient (Wildman–Crippen LogP) is 2.79. The van der Waals surface area contributed by atoms with Crippen molar-refractivity contribution in [2.24, 2.45) is 0 Å². The third-order valence-electron chi connectivity index (χ3n) is 2.65. The Labute approximate surface area is 112 Å². The molecule has 0 fully saturated rings. The van der Waals surface area contributed by atoms with Crippen molar-refractivity contribution in [2.45, 2.75) is 25.6 Å². The van der Waals surface area contributed by atoms with E-state index in [-0.39, 0.29) is 11.5 Å². The van der Waals surface area contributed by atoms with Crippen LogP contribution in [0.3, 0.4) is 0 Å². The van der Waals surface area contributed by atoms with Gasteiger partial charge in [0.2, 0.25) is 0 Å². The van der Waals surface area contributed by atoms with Gasteiger partial charge in [-0.15, -0.1) is 0 Å². The minimum Gasteiger partial charge on any atom is -0.476 e. The molecule has 2 aromatic rings. The molecule has 2 rings (SSSR count). The van der Waals surface area contributed by atoms with Gasteiger partial charge in [-0.3, -0.25) is 4.40 Å². The van der Waals surface area contributed by atoms with Gasteiger partial charge < -0.3 is 10.4 Å². The Kier molecular flexibility index (Phi) is 3.56. The van der Waals surface area contributed by atoms with E-state index in [1.807, 2.05) is 0 Å². The number of aromatic carboxylic acids is 1. The molecule has 0 aromatic carbocycles. The largest absolute Gasteiger partial charge is 0.476 e. The molecule has 2 heterocycles. The highest BCUT2D eigenvalue weighted by Gasteiger charge is 2.31. The minimum atomic E-state index is -4.32. The molecule has 1 unspecified atom stereocenters. The smallest absolute Gasteiger partial charge is 0.391 e. The lowest BCUT2D eigenvalue weighted by molar-refractivity contribution is -0.136. The lowest BCUT2D eigenvalue weighted by atomic mass is 10.2. The number of fused-ring (bicyclic) bond motifs is 1. The van der Waals surface area contributed by atoms with Crippen LogP contribution >= 0.6 is 0 Å². The zero-order valence-corrected chi connectivity index (χ0v) is 10.5. The molecule has 0 radical (unpaired) electrons. The first-order valence-corrected chi connectivity index (χ1v) is 5.81. The normalized spacial score (nSPS) is 13.4. The number of hydrogen-bond acceptors (Lipinski definition) is 3. The summed E-state index contributed by atoms with van der Waals surface area (Å²) in [4.78, 5) is 15.2. The Hall–Kier alpha value is -2.25. The van der Waals surface area contributed by atoms with E-state index in [1.165, 1.54) is 17.5 Å². The van der Waals surface area contributed by atoms with Gasteiger partial charge in [0.1, 0.15) is 5.65 Å². The monoisotopic (exact) mass is 287 g/mol. The number of nitrogens with one attached hydrogen (secondary N) is 1. The summed E-state index contributed by atoms with van der Waals surface area (Å²) in [6.07, 6.45) is -3.90. The number of carboxylic acids is 1. The number of alkyl halides is 3. The first kappa shape index (κ1) is 14.2. The second-order valence-electron chi connectivity index (χ2n) is 4.41. The summed E-state index contributed by atoms with van der Waals surface area (Å²) in [6.45, 7) is 1.32. The molecule has 2 N–H and O–H groups in total. The van der Waals surface area contributed by atoms with Crippen LogP contribution in [0, 0.1) is 0 Å². The van der Waals surface area contributed by atoms with E-state index < -0.39 is 24.6 Å². The van der Waals surface area contributed by atoms with E-state index in [9.17, 15) is 23.1 Å². The lowest BCUT2D eigenvalue weighted by Crippen LogP contribution is -2.25. The molecule has 0 spiro atoms. The highest BCUT2D eigenvalue weighted by molar-refractivity contribution is 5.93. The molecule has 0 amide bonds. The molecule has 20 heavy (non-hydrogen) atoms. The van der Waals surface area contributed by atoms with Crippen LogP contribution in [-0.4, -0.2) is 32.7 Å².